The molecule has 0 amide bonds. The van der Waals surface area contributed by atoms with Crippen LogP contribution < -0.4 is 5.32 Å². The van der Waals surface area contributed by atoms with Gasteiger partial charge in [-0.05, 0) is 31.4 Å². The molecule has 2 atom stereocenters. The van der Waals surface area contributed by atoms with Crippen LogP contribution in [-0.4, -0.2) is 16.7 Å². The topological polar surface area (TPSA) is 64.1 Å². The average molecular weight is 261 g/mol. The molecule has 2 heterocycles. The van der Waals surface area contributed by atoms with E-state index in [1.807, 2.05) is 6.92 Å². The molecule has 2 unspecified atom stereocenters. The van der Waals surface area contributed by atoms with Gasteiger partial charge in [0.15, 0.2) is 5.82 Å². The largest absolute Gasteiger partial charge is 0.464 e. The highest BCUT2D eigenvalue weighted by Gasteiger charge is 2.36. The third-order valence-electron chi connectivity index (χ3n) is 3.54. The first kappa shape index (κ1) is 12.4. The molecule has 102 valence electrons. The molecule has 0 bridgehead atoms. The number of hydrogen-bond donors (Lipinski definition) is 1. The second-order valence-electron chi connectivity index (χ2n) is 5.29. The maximum absolute atomic E-state index is 5.82. The van der Waals surface area contributed by atoms with Gasteiger partial charge in [-0.25, -0.2) is 0 Å². The van der Waals surface area contributed by atoms with Crippen molar-refractivity contribution in [2.75, 3.05) is 6.54 Å². The Morgan fingerprint density at radius 3 is 2.95 bits per heavy atom. The SMILES string of the molecule is Cc1noc(CCNCc2ccc(C3CC3C)o2)n1. The van der Waals surface area contributed by atoms with E-state index < -0.39 is 0 Å². The van der Waals surface area contributed by atoms with Gasteiger partial charge >= 0.3 is 0 Å². The van der Waals surface area contributed by atoms with Gasteiger partial charge in [-0.1, -0.05) is 12.1 Å². The van der Waals surface area contributed by atoms with E-state index in [1.165, 1.54) is 6.42 Å². The quantitative estimate of drug-likeness (QED) is 0.809. The third-order valence-corrected chi connectivity index (χ3v) is 3.54. The molecule has 3 rings (SSSR count). The van der Waals surface area contributed by atoms with Crippen molar-refractivity contribution in [3.05, 3.63) is 35.4 Å². The Bertz CT molecular complexity index is 546. The molecular formula is C14H19N3O2. The fraction of sp³-hybridized carbons (Fsp3) is 0.571. The maximum Gasteiger partial charge on any atom is 0.227 e. The Morgan fingerprint density at radius 1 is 1.42 bits per heavy atom. The smallest absolute Gasteiger partial charge is 0.227 e. The standard InChI is InChI=1S/C14H19N3O2/c1-9-7-12(9)13-4-3-11(18-13)8-15-6-5-14-16-10(2)17-19-14/h3-4,9,12,15H,5-8H2,1-2H3. The number of aromatic nitrogens is 2. The van der Waals surface area contributed by atoms with Crippen LogP contribution in [-0.2, 0) is 13.0 Å². The van der Waals surface area contributed by atoms with Crippen molar-refractivity contribution in [3.63, 3.8) is 0 Å². The fourth-order valence-corrected chi connectivity index (χ4v) is 2.26. The minimum atomic E-state index is 0.648. The number of aryl methyl sites for hydroxylation is 1. The molecule has 0 aliphatic heterocycles. The monoisotopic (exact) mass is 261 g/mol. The summed E-state index contributed by atoms with van der Waals surface area (Å²) in [6.45, 7) is 5.63. The summed E-state index contributed by atoms with van der Waals surface area (Å²) in [4.78, 5) is 4.16. The number of rotatable bonds is 6. The minimum Gasteiger partial charge on any atom is -0.464 e. The van der Waals surface area contributed by atoms with Crippen molar-refractivity contribution in [1.82, 2.24) is 15.5 Å². The summed E-state index contributed by atoms with van der Waals surface area (Å²) in [6.07, 6.45) is 2.00. The van der Waals surface area contributed by atoms with Gasteiger partial charge in [0.2, 0.25) is 5.89 Å². The molecule has 2 aromatic rings. The molecule has 0 saturated heterocycles. The number of nitrogens with one attached hydrogen (secondary N) is 1. The van der Waals surface area contributed by atoms with Crippen LogP contribution in [0.3, 0.4) is 0 Å². The van der Waals surface area contributed by atoms with Gasteiger partial charge < -0.3 is 14.3 Å². The summed E-state index contributed by atoms with van der Waals surface area (Å²) in [6, 6.07) is 4.16. The molecule has 0 radical (unpaired) electrons. The van der Waals surface area contributed by atoms with Crippen LogP contribution in [0.4, 0.5) is 0 Å². The van der Waals surface area contributed by atoms with Crippen LogP contribution in [0.1, 0.15) is 42.5 Å². The molecule has 19 heavy (non-hydrogen) atoms. The normalized spacial score (nSPS) is 21.8. The zero-order valence-electron chi connectivity index (χ0n) is 11.3. The van der Waals surface area contributed by atoms with Gasteiger partial charge in [-0.3, -0.25) is 0 Å². The summed E-state index contributed by atoms with van der Waals surface area (Å²) in [5.41, 5.74) is 0. The van der Waals surface area contributed by atoms with Crippen molar-refractivity contribution in [2.45, 2.75) is 39.2 Å². The predicted molar refractivity (Wildman–Crippen MR) is 69.7 cm³/mol. The third kappa shape index (κ3) is 3.04. The summed E-state index contributed by atoms with van der Waals surface area (Å²) >= 11 is 0. The first-order valence-electron chi connectivity index (χ1n) is 6.81. The van der Waals surface area contributed by atoms with Crippen LogP contribution in [0.2, 0.25) is 0 Å². The summed E-state index contributed by atoms with van der Waals surface area (Å²) in [5.74, 6) is 4.93. The van der Waals surface area contributed by atoms with Gasteiger partial charge in [0.25, 0.3) is 0 Å². The molecule has 1 aliphatic rings. The number of furan rings is 1. The summed E-state index contributed by atoms with van der Waals surface area (Å²) < 4.78 is 10.9. The molecule has 1 aliphatic carbocycles. The molecule has 1 fully saturated rings. The summed E-state index contributed by atoms with van der Waals surface area (Å²) in [5, 5.41) is 7.08. The first-order valence-corrected chi connectivity index (χ1v) is 6.81. The molecule has 1 N–H and O–H groups in total. The highest BCUT2D eigenvalue weighted by atomic mass is 16.5. The van der Waals surface area contributed by atoms with E-state index >= 15 is 0 Å². The van der Waals surface area contributed by atoms with Crippen molar-refractivity contribution in [2.24, 2.45) is 5.92 Å². The number of nitrogens with zero attached hydrogens (tertiary/aromatic N) is 2. The van der Waals surface area contributed by atoms with Crippen molar-refractivity contribution in [1.29, 1.82) is 0 Å². The van der Waals surface area contributed by atoms with Crippen LogP contribution in [0, 0.1) is 12.8 Å². The second-order valence-corrected chi connectivity index (χ2v) is 5.29. The number of hydrogen-bond acceptors (Lipinski definition) is 5. The predicted octanol–water partition coefficient (Wildman–Crippen LogP) is 2.43. The van der Waals surface area contributed by atoms with Crippen LogP contribution in [0.25, 0.3) is 0 Å². The van der Waals surface area contributed by atoms with Gasteiger partial charge in [-0.2, -0.15) is 4.98 Å². The fourth-order valence-electron chi connectivity index (χ4n) is 2.26. The van der Waals surface area contributed by atoms with Crippen LogP contribution in [0.15, 0.2) is 21.1 Å². The Hall–Kier alpha value is -1.62. The Kier molecular flexibility index (Phi) is 3.38. The van der Waals surface area contributed by atoms with Crippen LogP contribution in [0.5, 0.6) is 0 Å². The van der Waals surface area contributed by atoms with Gasteiger partial charge in [0, 0.05) is 18.9 Å². The molecule has 2 aromatic heterocycles. The van der Waals surface area contributed by atoms with E-state index in [-0.39, 0.29) is 0 Å². The lowest BCUT2D eigenvalue weighted by atomic mass is 10.3. The second kappa shape index (κ2) is 5.17. The Balaban J connectivity index is 1.41. The van der Waals surface area contributed by atoms with E-state index in [2.05, 4.69) is 34.5 Å². The molecule has 0 spiro atoms. The Morgan fingerprint density at radius 2 is 2.26 bits per heavy atom. The lowest BCUT2D eigenvalue weighted by Crippen LogP contribution is -2.16. The summed E-state index contributed by atoms with van der Waals surface area (Å²) in [7, 11) is 0. The zero-order valence-corrected chi connectivity index (χ0v) is 11.3. The van der Waals surface area contributed by atoms with Gasteiger partial charge in [0.05, 0.1) is 6.54 Å². The van der Waals surface area contributed by atoms with Gasteiger partial charge in [-0.15, -0.1) is 0 Å². The molecule has 5 nitrogen and oxygen atoms in total. The van der Waals surface area contributed by atoms with E-state index in [9.17, 15) is 0 Å². The molecule has 0 aromatic carbocycles. The van der Waals surface area contributed by atoms with Gasteiger partial charge in [0.1, 0.15) is 11.5 Å². The Labute approximate surface area is 112 Å². The van der Waals surface area contributed by atoms with Crippen LogP contribution >= 0.6 is 0 Å². The lowest BCUT2D eigenvalue weighted by Gasteiger charge is -2.00. The van der Waals surface area contributed by atoms with Crippen molar-refractivity contribution < 1.29 is 8.94 Å². The zero-order chi connectivity index (χ0) is 13.2. The van der Waals surface area contributed by atoms with E-state index in [0.717, 1.165) is 36.9 Å². The maximum atomic E-state index is 5.82. The van der Waals surface area contributed by atoms with Crippen molar-refractivity contribution in [3.8, 4) is 0 Å². The first-order chi connectivity index (χ1) is 9.22. The molecule has 5 heteroatoms. The van der Waals surface area contributed by atoms with Crippen molar-refractivity contribution >= 4 is 0 Å². The van der Waals surface area contributed by atoms with E-state index in [1.54, 1.807) is 0 Å². The average Bonchev–Trinajstić information content (AvgIpc) is 2.80. The molecular weight excluding hydrogens is 242 g/mol. The minimum absolute atomic E-state index is 0.648. The van der Waals surface area contributed by atoms with E-state index in [4.69, 9.17) is 8.94 Å². The molecule has 1 saturated carbocycles. The highest BCUT2D eigenvalue weighted by molar-refractivity contribution is 5.17. The van der Waals surface area contributed by atoms with E-state index in [0.29, 0.717) is 17.6 Å². The lowest BCUT2D eigenvalue weighted by molar-refractivity contribution is 0.370. The highest BCUT2D eigenvalue weighted by Crippen LogP contribution is 2.47.